The molecule has 0 saturated heterocycles. The summed E-state index contributed by atoms with van der Waals surface area (Å²) in [6.45, 7) is 0. The van der Waals surface area contributed by atoms with Crippen LogP contribution in [0, 0.1) is 5.82 Å². The quantitative estimate of drug-likeness (QED) is 0.917. The molecule has 3 nitrogen and oxygen atoms in total. The maximum Gasteiger partial charge on any atom is 0.226 e. The molecule has 1 fully saturated rings. The van der Waals surface area contributed by atoms with E-state index >= 15 is 0 Å². The lowest BCUT2D eigenvalue weighted by Gasteiger charge is -2.34. The maximum atomic E-state index is 12.8. The van der Waals surface area contributed by atoms with Gasteiger partial charge in [-0.25, -0.2) is 4.39 Å². The third kappa shape index (κ3) is 3.79. The number of hydrogen-bond acceptors (Lipinski definition) is 2. The first-order valence-electron chi connectivity index (χ1n) is 7.27. The molecule has 1 N–H and O–H groups in total. The second kappa shape index (κ2) is 6.84. The van der Waals surface area contributed by atoms with Crippen molar-refractivity contribution in [1.29, 1.82) is 0 Å². The molecule has 0 aromatic heterocycles. The van der Waals surface area contributed by atoms with E-state index in [1.54, 1.807) is 12.1 Å². The molecule has 0 atom stereocenters. The Bertz CT molecular complexity index is 438. The lowest BCUT2D eigenvalue weighted by Crippen LogP contribution is -2.43. The Kier molecular flexibility index (Phi) is 5.12. The molecule has 4 heteroatoms. The fraction of sp³-hybridized carbons (Fsp3) is 0.562. The number of carbonyl (C=O) groups is 1. The third-order valence-corrected chi connectivity index (χ3v) is 4.31. The van der Waals surface area contributed by atoms with E-state index in [0.717, 1.165) is 31.2 Å². The van der Waals surface area contributed by atoms with Crippen molar-refractivity contribution in [2.45, 2.75) is 44.2 Å². The van der Waals surface area contributed by atoms with Gasteiger partial charge in [-0.15, -0.1) is 0 Å². The van der Waals surface area contributed by atoms with Gasteiger partial charge in [-0.05, 0) is 50.4 Å². The molecular weight excluding hydrogens is 255 g/mol. The highest BCUT2D eigenvalue weighted by Gasteiger charge is 2.25. The smallest absolute Gasteiger partial charge is 0.226 e. The van der Waals surface area contributed by atoms with Crippen LogP contribution in [-0.4, -0.2) is 37.0 Å². The van der Waals surface area contributed by atoms with Crippen molar-refractivity contribution < 1.29 is 9.18 Å². The van der Waals surface area contributed by atoms with Crippen molar-refractivity contribution in [2.75, 3.05) is 14.1 Å². The lowest BCUT2D eigenvalue weighted by molar-refractivity contribution is -0.131. The maximum absolute atomic E-state index is 12.8. The Morgan fingerprint density at radius 3 is 2.40 bits per heavy atom. The van der Waals surface area contributed by atoms with Crippen LogP contribution < -0.4 is 5.32 Å². The van der Waals surface area contributed by atoms with Gasteiger partial charge in [0.25, 0.3) is 0 Å². The van der Waals surface area contributed by atoms with Crippen LogP contribution in [0.15, 0.2) is 24.3 Å². The van der Waals surface area contributed by atoms with Gasteiger partial charge < -0.3 is 10.2 Å². The SMILES string of the molecule is CNC1CCC(N(C)C(=O)Cc2ccc(F)cc2)CC1. The zero-order valence-electron chi connectivity index (χ0n) is 12.2. The number of amides is 1. The summed E-state index contributed by atoms with van der Waals surface area (Å²) in [6, 6.07) is 7.10. The van der Waals surface area contributed by atoms with Gasteiger partial charge in [0.1, 0.15) is 5.82 Å². The van der Waals surface area contributed by atoms with Crippen LogP contribution in [0.3, 0.4) is 0 Å². The number of carbonyl (C=O) groups excluding carboxylic acids is 1. The van der Waals surface area contributed by atoms with E-state index in [1.807, 2.05) is 19.0 Å². The molecule has 1 amide bonds. The predicted octanol–water partition coefficient (Wildman–Crippen LogP) is 2.36. The number of benzene rings is 1. The zero-order valence-corrected chi connectivity index (χ0v) is 12.2. The van der Waals surface area contributed by atoms with Crippen molar-refractivity contribution in [2.24, 2.45) is 0 Å². The lowest BCUT2D eigenvalue weighted by atomic mass is 9.90. The number of hydrogen-bond donors (Lipinski definition) is 1. The molecule has 1 aliphatic rings. The number of halogens is 1. The first kappa shape index (κ1) is 15.0. The van der Waals surface area contributed by atoms with E-state index in [0.29, 0.717) is 18.5 Å². The van der Waals surface area contributed by atoms with Crippen molar-refractivity contribution in [3.63, 3.8) is 0 Å². The summed E-state index contributed by atoms with van der Waals surface area (Å²) in [7, 11) is 3.88. The highest BCUT2D eigenvalue weighted by molar-refractivity contribution is 5.78. The molecule has 1 aromatic carbocycles. The van der Waals surface area contributed by atoms with Crippen molar-refractivity contribution in [3.05, 3.63) is 35.6 Å². The number of nitrogens with one attached hydrogen (secondary N) is 1. The molecule has 110 valence electrons. The van der Waals surface area contributed by atoms with Crippen molar-refractivity contribution in [1.82, 2.24) is 10.2 Å². The van der Waals surface area contributed by atoms with Gasteiger partial charge in [-0.3, -0.25) is 4.79 Å². The minimum atomic E-state index is -0.264. The molecule has 1 aromatic rings. The normalized spacial score (nSPS) is 22.6. The minimum absolute atomic E-state index is 0.115. The van der Waals surface area contributed by atoms with E-state index in [2.05, 4.69) is 5.32 Å². The Morgan fingerprint density at radius 1 is 1.25 bits per heavy atom. The number of nitrogens with zero attached hydrogens (tertiary/aromatic N) is 1. The summed E-state index contributed by atoms with van der Waals surface area (Å²) in [4.78, 5) is 14.1. The van der Waals surface area contributed by atoms with Gasteiger partial charge in [0.15, 0.2) is 0 Å². The average molecular weight is 278 g/mol. The summed E-state index contributed by atoms with van der Waals surface area (Å²) in [6.07, 6.45) is 4.70. The van der Waals surface area contributed by atoms with Gasteiger partial charge in [0, 0.05) is 19.1 Å². The number of likely N-dealkylation sites (N-methyl/N-ethyl adjacent to an activating group) is 1. The second-order valence-electron chi connectivity index (χ2n) is 5.60. The van der Waals surface area contributed by atoms with Crippen LogP contribution in [0.4, 0.5) is 4.39 Å². The Hall–Kier alpha value is -1.42. The second-order valence-corrected chi connectivity index (χ2v) is 5.60. The first-order valence-corrected chi connectivity index (χ1v) is 7.27. The van der Waals surface area contributed by atoms with E-state index in [4.69, 9.17) is 0 Å². The average Bonchev–Trinajstić information content (AvgIpc) is 2.49. The molecule has 1 aliphatic carbocycles. The van der Waals surface area contributed by atoms with Crippen LogP contribution in [0.25, 0.3) is 0 Å². The first-order chi connectivity index (χ1) is 9.60. The van der Waals surface area contributed by atoms with E-state index in [1.165, 1.54) is 12.1 Å². The molecule has 0 spiro atoms. The van der Waals surface area contributed by atoms with Gasteiger partial charge in [-0.1, -0.05) is 12.1 Å². The molecule has 0 heterocycles. The van der Waals surface area contributed by atoms with Crippen molar-refractivity contribution in [3.8, 4) is 0 Å². The predicted molar refractivity (Wildman–Crippen MR) is 78.0 cm³/mol. The molecule has 2 rings (SSSR count). The standard InChI is InChI=1S/C16H23FN2O/c1-18-14-7-9-15(10-8-14)19(2)16(20)11-12-3-5-13(17)6-4-12/h3-6,14-15,18H,7-11H2,1-2H3. The Labute approximate surface area is 120 Å². The fourth-order valence-electron chi connectivity index (χ4n) is 2.86. The monoisotopic (exact) mass is 278 g/mol. The number of rotatable bonds is 4. The summed E-state index contributed by atoms with van der Waals surface area (Å²) < 4.78 is 12.8. The minimum Gasteiger partial charge on any atom is -0.342 e. The van der Waals surface area contributed by atoms with Crippen molar-refractivity contribution >= 4 is 5.91 Å². The Balaban J connectivity index is 1.87. The van der Waals surface area contributed by atoms with Gasteiger partial charge >= 0.3 is 0 Å². The van der Waals surface area contributed by atoms with Crippen LogP contribution in [0.1, 0.15) is 31.2 Å². The topological polar surface area (TPSA) is 32.3 Å². The summed E-state index contributed by atoms with van der Waals surface area (Å²) in [5.41, 5.74) is 0.868. The molecule has 20 heavy (non-hydrogen) atoms. The van der Waals surface area contributed by atoms with Crippen LogP contribution >= 0.6 is 0 Å². The van der Waals surface area contributed by atoms with Gasteiger partial charge in [0.2, 0.25) is 5.91 Å². The molecular formula is C16H23FN2O. The molecule has 0 bridgehead atoms. The zero-order chi connectivity index (χ0) is 14.5. The highest BCUT2D eigenvalue weighted by Crippen LogP contribution is 2.22. The van der Waals surface area contributed by atoms with Crippen LogP contribution in [0.2, 0.25) is 0 Å². The van der Waals surface area contributed by atoms with Crippen LogP contribution in [0.5, 0.6) is 0 Å². The highest BCUT2D eigenvalue weighted by atomic mass is 19.1. The van der Waals surface area contributed by atoms with Crippen LogP contribution in [-0.2, 0) is 11.2 Å². The summed E-state index contributed by atoms with van der Waals surface area (Å²) in [5.74, 6) is -0.149. The molecule has 0 radical (unpaired) electrons. The van der Waals surface area contributed by atoms with E-state index < -0.39 is 0 Å². The molecule has 1 saturated carbocycles. The van der Waals surface area contributed by atoms with E-state index in [-0.39, 0.29) is 11.7 Å². The molecule has 0 aliphatic heterocycles. The van der Waals surface area contributed by atoms with E-state index in [9.17, 15) is 9.18 Å². The summed E-state index contributed by atoms with van der Waals surface area (Å²) in [5, 5.41) is 3.30. The van der Waals surface area contributed by atoms with Gasteiger partial charge in [-0.2, -0.15) is 0 Å². The Morgan fingerprint density at radius 2 is 1.85 bits per heavy atom. The van der Waals surface area contributed by atoms with Gasteiger partial charge in [0.05, 0.1) is 6.42 Å². The third-order valence-electron chi connectivity index (χ3n) is 4.31. The largest absolute Gasteiger partial charge is 0.342 e. The molecule has 0 unspecified atom stereocenters. The summed E-state index contributed by atoms with van der Waals surface area (Å²) >= 11 is 0. The fourth-order valence-corrected chi connectivity index (χ4v) is 2.86.